The quantitative estimate of drug-likeness (QED) is 0.620. The number of pyridine rings is 1. The molecule has 7 heteroatoms. The highest BCUT2D eigenvalue weighted by molar-refractivity contribution is 5.95. The van der Waals surface area contributed by atoms with Gasteiger partial charge in [0.2, 0.25) is 0 Å². The lowest BCUT2D eigenvalue weighted by Gasteiger charge is -2.29. The highest BCUT2D eigenvalue weighted by atomic mass is 16.5. The maximum Gasteiger partial charge on any atom is 0.305 e. The molecule has 0 radical (unpaired) electrons. The second-order valence-electron chi connectivity index (χ2n) is 9.23. The van der Waals surface area contributed by atoms with Crippen molar-refractivity contribution in [1.29, 1.82) is 0 Å². The molecule has 0 bridgehead atoms. The number of ether oxygens (including phenoxy) is 1. The lowest BCUT2D eigenvalue weighted by molar-refractivity contribution is -0.137. The van der Waals surface area contributed by atoms with Crippen LogP contribution in [0.4, 0.5) is 0 Å². The van der Waals surface area contributed by atoms with Gasteiger partial charge in [0.25, 0.3) is 5.91 Å². The Morgan fingerprint density at radius 1 is 1.19 bits per heavy atom. The fourth-order valence-corrected chi connectivity index (χ4v) is 4.89. The van der Waals surface area contributed by atoms with Gasteiger partial charge < -0.3 is 15.2 Å². The number of fused-ring (bicyclic) bond motifs is 1. The number of carboxylic acid groups (broad SMARTS) is 1. The first-order valence-corrected chi connectivity index (χ1v) is 11.6. The molecular formula is C24H33N3O4. The number of carbonyl (C=O) groups is 2. The molecule has 2 fully saturated rings. The Labute approximate surface area is 183 Å². The van der Waals surface area contributed by atoms with Gasteiger partial charge in [-0.25, -0.2) is 4.98 Å². The standard InChI is InChI=1S/C24H33N3O4/c1-16-22(24(30)26-19(14-21(28)29)13-17-9-5-10-17)27-12-6-11-20(23(27)25-16)31-15-18-7-3-2-4-8-18/h6,11-12,17-19H,2-5,7-10,13-15H2,1H3,(H,26,30)(H,28,29)/t19-/m1/s1. The minimum atomic E-state index is -0.891. The van der Waals surface area contributed by atoms with Gasteiger partial charge >= 0.3 is 5.97 Å². The Bertz CT molecular complexity index is 928. The fraction of sp³-hybridized carbons (Fsp3) is 0.625. The van der Waals surface area contributed by atoms with Gasteiger partial charge in [-0.2, -0.15) is 0 Å². The summed E-state index contributed by atoms with van der Waals surface area (Å²) in [6.07, 6.45) is 12.1. The molecule has 2 aromatic heterocycles. The molecule has 7 nitrogen and oxygen atoms in total. The first-order valence-electron chi connectivity index (χ1n) is 11.6. The van der Waals surface area contributed by atoms with Crippen LogP contribution in [0.1, 0.15) is 80.4 Å². The number of hydrogen-bond acceptors (Lipinski definition) is 4. The van der Waals surface area contributed by atoms with E-state index < -0.39 is 5.97 Å². The van der Waals surface area contributed by atoms with Gasteiger partial charge in [0.1, 0.15) is 5.69 Å². The molecule has 2 aliphatic carbocycles. The van der Waals surface area contributed by atoms with Crippen molar-refractivity contribution in [2.45, 2.75) is 77.2 Å². The van der Waals surface area contributed by atoms with E-state index in [9.17, 15) is 14.7 Å². The largest absolute Gasteiger partial charge is 0.489 e. The zero-order chi connectivity index (χ0) is 21.8. The molecule has 0 unspecified atom stereocenters. The van der Waals surface area contributed by atoms with Crippen molar-refractivity contribution < 1.29 is 19.4 Å². The SMILES string of the molecule is Cc1nc2c(OCC3CCCCC3)cccn2c1C(=O)N[C@@H](CC(=O)O)CC1CCC1. The number of aromatic nitrogens is 2. The lowest BCUT2D eigenvalue weighted by atomic mass is 9.80. The van der Waals surface area contributed by atoms with Crippen molar-refractivity contribution in [3.8, 4) is 5.75 Å². The summed E-state index contributed by atoms with van der Waals surface area (Å²) in [5.41, 5.74) is 1.70. The number of imidazole rings is 1. The normalized spacial score (nSPS) is 18.5. The summed E-state index contributed by atoms with van der Waals surface area (Å²) in [4.78, 5) is 29.1. The van der Waals surface area contributed by atoms with Crippen LogP contribution in [0.2, 0.25) is 0 Å². The van der Waals surface area contributed by atoms with Gasteiger partial charge in [0, 0.05) is 12.2 Å². The van der Waals surface area contributed by atoms with Crippen LogP contribution in [0, 0.1) is 18.8 Å². The Kier molecular flexibility index (Phi) is 6.78. The summed E-state index contributed by atoms with van der Waals surface area (Å²) in [6, 6.07) is 3.39. The second-order valence-corrected chi connectivity index (χ2v) is 9.23. The summed E-state index contributed by atoms with van der Waals surface area (Å²) < 4.78 is 7.89. The third-order valence-electron chi connectivity index (χ3n) is 6.80. The maximum absolute atomic E-state index is 13.1. The number of aryl methyl sites for hydroxylation is 1. The molecule has 2 aliphatic rings. The third kappa shape index (κ3) is 5.20. The van der Waals surface area contributed by atoms with Crippen molar-refractivity contribution >= 4 is 17.5 Å². The van der Waals surface area contributed by atoms with Crippen LogP contribution in [-0.4, -0.2) is 39.0 Å². The predicted octanol–water partition coefficient (Wildman–Crippen LogP) is 4.37. The molecule has 0 aromatic carbocycles. The van der Waals surface area contributed by atoms with Crippen molar-refractivity contribution in [3.05, 3.63) is 29.7 Å². The molecule has 168 valence electrons. The van der Waals surface area contributed by atoms with Crippen LogP contribution in [-0.2, 0) is 4.79 Å². The number of aliphatic carboxylic acids is 1. The zero-order valence-corrected chi connectivity index (χ0v) is 18.3. The molecule has 2 saturated carbocycles. The number of nitrogens with zero attached hydrogens (tertiary/aromatic N) is 2. The minimum absolute atomic E-state index is 0.0617. The van der Waals surface area contributed by atoms with Crippen molar-refractivity contribution in [3.63, 3.8) is 0 Å². The van der Waals surface area contributed by atoms with E-state index in [1.54, 1.807) is 4.40 Å². The monoisotopic (exact) mass is 427 g/mol. The van der Waals surface area contributed by atoms with Gasteiger partial charge in [0.05, 0.1) is 18.7 Å². The molecule has 0 aliphatic heterocycles. The molecule has 2 aromatic rings. The summed E-state index contributed by atoms with van der Waals surface area (Å²) in [6.45, 7) is 2.49. The highest BCUT2D eigenvalue weighted by Crippen LogP contribution is 2.31. The van der Waals surface area contributed by atoms with E-state index in [2.05, 4.69) is 10.3 Å². The van der Waals surface area contributed by atoms with E-state index in [4.69, 9.17) is 4.74 Å². The van der Waals surface area contributed by atoms with Crippen LogP contribution >= 0.6 is 0 Å². The first kappa shape index (κ1) is 21.7. The number of rotatable bonds is 9. The van der Waals surface area contributed by atoms with E-state index in [1.807, 2.05) is 25.3 Å². The van der Waals surface area contributed by atoms with Gasteiger partial charge in [-0.15, -0.1) is 0 Å². The van der Waals surface area contributed by atoms with Gasteiger partial charge in [0.15, 0.2) is 11.4 Å². The van der Waals surface area contributed by atoms with E-state index in [-0.39, 0.29) is 18.4 Å². The lowest BCUT2D eigenvalue weighted by Crippen LogP contribution is -2.39. The fourth-order valence-electron chi connectivity index (χ4n) is 4.89. The molecular weight excluding hydrogens is 394 g/mol. The van der Waals surface area contributed by atoms with Crippen LogP contribution in [0.25, 0.3) is 5.65 Å². The number of amides is 1. The number of carbonyl (C=O) groups excluding carboxylic acids is 1. The molecule has 31 heavy (non-hydrogen) atoms. The van der Waals surface area contributed by atoms with Crippen molar-refractivity contribution in [2.24, 2.45) is 11.8 Å². The molecule has 1 atom stereocenters. The Balaban J connectivity index is 1.50. The number of nitrogens with one attached hydrogen (secondary N) is 1. The summed E-state index contributed by atoms with van der Waals surface area (Å²) in [5, 5.41) is 12.2. The van der Waals surface area contributed by atoms with E-state index in [0.29, 0.717) is 47.6 Å². The number of hydrogen-bond donors (Lipinski definition) is 2. The second kappa shape index (κ2) is 9.71. The summed E-state index contributed by atoms with van der Waals surface area (Å²) in [5.74, 6) is 0.605. The minimum Gasteiger partial charge on any atom is -0.489 e. The molecule has 0 saturated heterocycles. The maximum atomic E-state index is 13.1. The molecule has 4 rings (SSSR count). The smallest absolute Gasteiger partial charge is 0.305 e. The van der Waals surface area contributed by atoms with Crippen LogP contribution in [0.3, 0.4) is 0 Å². The van der Waals surface area contributed by atoms with Crippen molar-refractivity contribution in [2.75, 3.05) is 6.61 Å². The van der Waals surface area contributed by atoms with Crippen molar-refractivity contribution in [1.82, 2.24) is 14.7 Å². The van der Waals surface area contributed by atoms with E-state index in [1.165, 1.54) is 38.5 Å². The van der Waals surface area contributed by atoms with Crippen LogP contribution in [0.5, 0.6) is 5.75 Å². The molecule has 2 N–H and O–H groups in total. The first-order chi connectivity index (χ1) is 15.0. The third-order valence-corrected chi connectivity index (χ3v) is 6.80. The predicted molar refractivity (Wildman–Crippen MR) is 117 cm³/mol. The van der Waals surface area contributed by atoms with Gasteiger partial charge in [-0.3, -0.25) is 14.0 Å². The highest BCUT2D eigenvalue weighted by Gasteiger charge is 2.27. The summed E-state index contributed by atoms with van der Waals surface area (Å²) in [7, 11) is 0. The van der Waals surface area contributed by atoms with Crippen LogP contribution in [0.15, 0.2) is 18.3 Å². The summed E-state index contributed by atoms with van der Waals surface area (Å²) >= 11 is 0. The van der Waals surface area contributed by atoms with E-state index in [0.717, 1.165) is 12.8 Å². The topological polar surface area (TPSA) is 92.9 Å². The Hall–Kier alpha value is -2.57. The van der Waals surface area contributed by atoms with Gasteiger partial charge in [-0.05, 0) is 50.2 Å². The molecule has 0 spiro atoms. The average molecular weight is 428 g/mol. The Morgan fingerprint density at radius 2 is 1.94 bits per heavy atom. The van der Waals surface area contributed by atoms with Gasteiger partial charge in [-0.1, -0.05) is 38.5 Å². The average Bonchev–Trinajstić information content (AvgIpc) is 3.05. The zero-order valence-electron chi connectivity index (χ0n) is 18.3. The Morgan fingerprint density at radius 3 is 2.61 bits per heavy atom. The van der Waals surface area contributed by atoms with Crippen LogP contribution < -0.4 is 10.1 Å². The molecule has 1 amide bonds. The number of carboxylic acids is 1. The molecule has 2 heterocycles. The van der Waals surface area contributed by atoms with E-state index >= 15 is 0 Å².